The van der Waals surface area contributed by atoms with Gasteiger partial charge in [-0.1, -0.05) is 12.1 Å². The smallest absolute Gasteiger partial charge is 0.248 e. The first-order chi connectivity index (χ1) is 7.70. The third kappa shape index (κ3) is 1.91. The van der Waals surface area contributed by atoms with E-state index in [1.165, 1.54) is 24.3 Å². The normalized spacial score (nSPS) is 10.1. The molecule has 0 unspecified atom stereocenters. The zero-order chi connectivity index (χ0) is 11.5. The molecule has 0 aliphatic rings. The standard InChI is InChI=1S/C12H8FNO2/c13-9-3-1-8(2-4-9)10-5-6-12(16)14-11(10)7-15/h1-7H,(H,14,16). The average Bonchev–Trinajstić information content (AvgIpc) is 2.30. The monoisotopic (exact) mass is 217 g/mol. The molecule has 2 rings (SSSR count). The summed E-state index contributed by atoms with van der Waals surface area (Å²) in [6.45, 7) is 0. The first-order valence-corrected chi connectivity index (χ1v) is 4.65. The van der Waals surface area contributed by atoms with Crippen LogP contribution in [0.25, 0.3) is 11.1 Å². The van der Waals surface area contributed by atoms with Gasteiger partial charge in [-0.05, 0) is 23.8 Å². The van der Waals surface area contributed by atoms with Gasteiger partial charge < -0.3 is 4.98 Å². The summed E-state index contributed by atoms with van der Waals surface area (Å²) in [6.07, 6.45) is 0.570. The highest BCUT2D eigenvalue weighted by Gasteiger charge is 2.05. The van der Waals surface area contributed by atoms with Crippen molar-refractivity contribution in [1.82, 2.24) is 4.98 Å². The molecule has 2 aromatic rings. The molecule has 80 valence electrons. The molecule has 16 heavy (non-hydrogen) atoms. The van der Waals surface area contributed by atoms with Crippen molar-refractivity contribution in [3.8, 4) is 11.1 Å². The molecule has 0 fully saturated rings. The summed E-state index contributed by atoms with van der Waals surface area (Å²) in [5.74, 6) is -0.346. The van der Waals surface area contributed by atoms with Crippen LogP contribution in [0, 0.1) is 5.82 Å². The van der Waals surface area contributed by atoms with Gasteiger partial charge >= 0.3 is 0 Å². The Morgan fingerprint density at radius 2 is 1.75 bits per heavy atom. The van der Waals surface area contributed by atoms with Crippen LogP contribution in [0.1, 0.15) is 10.5 Å². The van der Waals surface area contributed by atoms with E-state index in [1.54, 1.807) is 12.1 Å². The Balaban J connectivity index is 2.59. The molecule has 1 aromatic carbocycles. The Hall–Kier alpha value is -2.23. The number of nitrogens with one attached hydrogen (secondary N) is 1. The van der Waals surface area contributed by atoms with Gasteiger partial charge in [-0.15, -0.1) is 0 Å². The predicted molar refractivity (Wildman–Crippen MR) is 57.8 cm³/mol. The van der Waals surface area contributed by atoms with Gasteiger partial charge in [-0.25, -0.2) is 4.39 Å². The molecule has 1 N–H and O–H groups in total. The second-order valence-electron chi connectivity index (χ2n) is 3.27. The number of benzene rings is 1. The van der Waals surface area contributed by atoms with Crippen molar-refractivity contribution < 1.29 is 9.18 Å². The van der Waals surface area contributed by atoms with Gasteiger partial charge in [-0.2, -0.15) is 0 Å². The second kappa shape index (κ2) is 4.10. The minimum Gasteiger partial charge on any atom is -0.319 e. The molecular weight excluding hydrogens is 209 g/mol. The lowest BCUT2D eigenvalue weighted by atomic mass is 10.0. The van der Waals surface area contributed by atoms with Gasteiger partial charge in [0.05, 0.1) is 5.69 Å². The fraction of sp³-hybridized carbons (Fsp3) is 0. The highest BCUT2D eigenvalue weighted by molar-refractivity contribution is 5.84. The van der Waals surface area contributed by atoms with Crippen molar-refractivity contribution in [1.29, 1.82) is 0 Å². The van der Waals surface area contributed by atoms with Crippen LogP contribution in [-0.2, 0) is 0 Å². The van der Waals surface area contributed by atoms with Crippen LogP contribution in [0.5, 0.6) is 0 Å². The van der Waals surface area contributed by atoms with Crippen LogP contribution in [-0.4, -0.2) is 11.3 Å². The fourth-order valence-electron chi connectivity index (χ4n) is 1.46. The number of rotatable bonds is 2. The Morgan fingerprint density at radius 3 is 2.38 bits per heavy atom. The SMILES string of the molecule is O=Cc1[nH]c(=O)ccc1-c1ccc(F)cc1. The topological polar surface area (TPSA) is 49.9 Å². The molecule has 0 aliphatic heterocycles. The van der Waals surface area contributed by atoms with Crippen molar-refractivity contribution in [3.05, 3.63) is 58.3 Å². The molecular formula is C12H8FNO2. The van der Waals surface area contributed by atoms with Crippen LogP contribution in [0.15, 0.2) is 41.2 Å². The number of H-pyrrole nitrogens is 1. The lowest BCUT2D eigenvalue weighted by molar-refractivity contribution is 0.111. The van der Waals surface area contributed by atoms with E-state index in [1.807, 2.05) is 0 Å². The Labute approximate surface area is 90.6 Å². The van der Waals surface area contributed by atoms with Crippen LogP contribution < -0.4 is 5.56 Å². The summed E-state index contributed by atoms with van der Waals surface area (Å²) in [4.78, 5) is 24.2. The molecule has 1 heterocycles. The molecule has 0 atom stereocenters. The summed E-state index contributed by atoms with van der Waals surface area (Å²) in [6, 6.07) is 8.57. The number of hydrogen-bond donors (Lipinski definition) is 1. The maximum absolute atomic E-state index is 12.7. The summed E-state index contributed by atoms with van der Waals surface area (Å²) in [7, 11) is 0. The quantitative estimate of drug-likeness (QED) is 0.782. The molecule has 0 bridgehead atoms. The minimum absolute atomic E-state index is 0.194. The lowest BCUT2D eigenvalue weighted by Gasteiger charge is -2.03. The molecule has 0 saturated carbocycles. The van der Waals surface area contributed by atoms with Crippen LogP contribution in [0.4, 0.5) is 4.39 Å². The maximum atomic E-state index is 12.7. The van der Waals surface area contributed by atoms with E-state index in [-0.39, 0.29) is 17.1 Å². The van der Waals surface area contributed by atoms with E-state index in [4.69, 9.17) is 0 Å². The number of aromatic nitrogens is 1. The number of halogens is 1. The number of pyridine rings is 1. The first-order valence-electron chi connectivity index (χ1n) is 4.65. The van der Waals surface area contributed by atoms with E-state index in [9.17, 15) is 14.0 Å². The number of hydrogen-bond acceptors (Lipinski definition) is 2. The highest BCUT2D eigenvalue weighted by atomic mass is 19.1. The van der Waals surface area contributed by atoms with Gasteiger partial charge in [0, 0.05) is 11.6 Å². The Kier molecular flexibility index (Phi) is 2.64. The van der Waals surface area contributed by atoms with E-state index in [2.05, 4.69) is 4.98 Å². The zero-order valence-electron chi connectivity index (χ0n) is 8.24. The second-order valence-corrected chi connectivity index (χ2v) is 3.27. The highest BCUT2D eigenvalue weighted by Crippen LogP contribution is 2.20. The van der Waals surface area contributed by atoms with E-state index in [0.717, 1.165) is 0 Å². The minimum atomic E-state index is -0.346. The van der Waals surface area contributed by atoms with Gasteiger partial charge in [-0.3, -0.25) is 9.59 Å². The summed E-state index contributed by atoms with van der Waals surface area (Å²) in [5.41, 5.74) is 1.11. The summed E-state index contributed by atoms with van der Waals surface area (Å²) >= 11 is 0. The van der Waals surface area contributed by atoms with Crippen LogP contribution in [0.3, 0.4) is 0 Å². The van der Waals surface area contributed by atoms with Gasteiger partial charge in [0.25, 0.3) is 0 Å². The van der Waals surface area contributed by atoms with Crippen LogP contribution in [0.2, 0.25) is 0 Å². The van der Waals surface area contributed by atoms with Crippen LogP contribution >= 0.6 is 0 Å². The number of carbonyl (C=O) groups is 1. The number of aldehydes is 1. The third-order valence-corrected chi connectivity index (χ3v) is 2.22. The number of aromatic amines is 1. The fourth-order valence-corrected chi connectivity index (χ4v) is 1.46. The first kappa shape index (κ1) is 10.3. The van der Waals surface area contributed by atoms with Gasteiger partial charge in [0.1, 0.15) is 5.82 Å². The molecule has 3 nitrogen and oxygen atoms in total. The zero-order valence-corrected chi connectivity index (χ0v) is 8.24. The predicted octanol–water partition coefficient (Wildman–Crippen LogP) is 1.99. The molecule has 0 spiro atoms. The lowest BCUT2D eigenvalue weighted by Crippen LogP contribution is -2.07. The van der Waals surface area contributed by atoms with E-state index < -0.39 is 0 Å². The summed E-state index contributed by atoms with van der Waals surface area (Å²) in [5, 5.41) is 0. The molecule has 1 aromatic heterocycles. The molecule has 4 heteroatoms. The van der Waals surface area contributed by atoms with Crippen molar-refractivity contribution in [2.45, 2.75) is 0 Å². The average molecular weight is 217 g/mol. The largest absolute Gasteiger partial charge is 0.319 e. The van der Waals surface area contributed by atoms with Gasteiger partial charge in [0.2, 0.25) is 5.56 Å². The van der Waals surface area contributed by atoms with Crippen molar-refractivity contribution in [3.63, 3.8) is 0 Å². The van der Waals surface area contributed by atoms with Crippen molar-refractivity contribution >= 4 is 6.29 Å². The maximum Gasteiger partial charge on any atom is 0.248 e. The molecule has 0 aliphatic carbocycles. The Bertz CT molecular complexity index is 572. The molecule has 0 amide bonds. The van der Waals surface area contributed by atoms with E-state index >= 15 is 0 Å². The molecule has 0 radical (unpaired) electrons. The van der Waals surface area contributed by atoms with Crippen molar-refractivity contribution in [2.24, 2.45) is 0 Å². The Morgan fingerprint density at radius 1 is 1.06 bits per heavy atom. The van der Waals surface area contributed by atoms with Gasteiger partial charge in [0.15, 0.2) is 6.29 Å². The van der Waals surface area contributed by atoms with E-state index in [0.29, 0.717) is 17.4 Å². The number of carbonyl (C=O) groups excluding carboxylic acids is 1. The van der Waals surface area contributed by atoms with Crippen molar-refractivity contribution in [2.75, 3.05) is 0 Å². The molecule has 0 saturated heterocycles. The third-order valence-electron chi connectivity index (χ3n) is 2.22. The summed E-state index contributed by atoms with van der Waals surface area (Å²) < 4.78 is 12.7.